The summed E-state index contributed by atoms with van der Waals surface area (Å²) in [7, 11) is 0. The van der Waals surface area contributed by atoms with Crippen LogP contribution in [0.15, 0.2) is 54.9 Å². The zero-order valence-corrected chi connectivity index (χ0v) is 20.7. The Morgan fingerprint density at radius 2 is 1.97 bits per heavy atom. The van der Waals surface area contributed by atoms with Crippen LogP contribution in [0.1, 0.15) is 39.9 Å². The van der Waals surface area contributed by atoms with Crippen LogP contribution in [0.3, 0.4) is 0 Å². The number of ketones is 1. The van der Waals surface area contributed by atoms with Gasteiger partial charge in [0.25, 0.3) is 0 Å². The molecule has 3 N–H and O–H groups in total. The van der Waals surface area contributed by atoms with Crippen molar-refractivity contribution in [2.45, 2.75) is 38.8 Å². The van der Waals surface area contributed by atoms with Crippen molar-refractivity contribution in [2.24, 2.45) is 0 Å². The third-order valence-electron chi connectivity index (χ3n) is 6.68. The van der Waals surface area contributed by atoms with Crippen LogP contribution in [-0.2, 0) is 4.74 Å². The van der Waals surface area contributed by atoms with E-state index in [4.69, 9.17) is 16.0 Å². The van der Waals surface area contributed by atoms with Crippen molar-refractivity contribution in [2.75, 3.05) is 18.5 Å². The molecule has 0 unspecified atom stereocenters. The number of aromatic amines is 1. The number of rotatable bonds is 7. The van der Waals surface area contributed by atoms with Crippen LogP contribution in [0.25, 0.3) is 15.9 Å². The van der Waals surface area contributed by atoms with Gasteiger partial charge in [0.15, 0.2) is 5.78 Å². The Kier molecular flexibility index (Phi) is 6.91. The topological polar surface area (TPSA) is 101 Å². The van der Waals surface area contributed by atoms with Crippen molar-refractivity contribution in [1.29, 1.82) is 0 Å². The number of para-hydroxylation sites is 1. The van der Waals surface area contributed by atoms with E-state index in [0.29, 0.717) is 52.3 Å². The number of aliphatic hydroxyl groups excluding tert-OH is 1. The van der Waals surface area contributed by atoms with Gasteiger partial charge in [0, 0.05) is 29.4 Å². The van der Waals surface area contributed by atoms with Crippen LogP contribution in [0.5, 0.6) is 11.5 Å². The van der Waals surface area contributed by atoms with Gasteiger partial charge in [-0.05, 0) is 62.1 Å². The molecule has 8 heteroatoms. The van der Waals surface area contributed by atoms with Crippen LogP contribution < -0.4 is 10.1 Å². The average Bonchev–Trinajstić information content (AvgIpc) is 3.34. The standard InChI is InChI=1S/C29H28N4O4/c1-17-11-22(37-20-7-5-4-6-8-20)12-18(2)25(17)28(35)23-13-31-29-26(23)27(24(30-3)14-32-29)33-19-9-10-21(15-34)36-16-19/h4-8,11-14,19,21,34H,9-10,15-16H2,1-2H3,(H2,31,32,33)/t19-,21+/m1/s1. The van der Waals surface area contributed by atoms with E-state index in [9.17, 15) is 9.90 Å². The molecule has 0 bridgehead atoms. The second-order valence-corrected chi connectivity index (χ2v) is 9.29. The summed E-state index contributed by atoms with van der Waals surface area (Å²) in [6.45, 7) is 11.9. The maximum absolute atomic E-state index is 13.9. The van der Waals surface area contributed by atoms with Gasteiger partial charge in [0.1, 0.15) is 17.1 Å². The van der Waals surface area contributed by atoms with Crippen molar-refractivity contribution in [3.63, 3.8) is 0 Å². The van der Waals surface area contributed by atoms with Crippen molar-refractivity contribution in [1.82, 2.24) is 9.97 Å². The molecule has 1 aliphatic rings. The molecular weight excluding hydrogens is 468 g/mol. The van der Waals surface area contributed by atoms with Gasteiger partial charge in [-0.15, -0.1) is 0 Å². The van der Waals surface area contributed by atoms with Crippen molar-refractivity contribution >= 4 is 28.2 Å². The lowest BCUT2D eigenvalue weighted by Crippen LogP contribution is -2.36. The van der Waals surface area contributed by atoms with E-state index >= 15 is 0 Å². The number of hydrogen-bond donors (Lipinski definition) is 3. The number of nitrogens with one attached hydrogen (secondary N) is 2. The minimum absolute atomic E-state index is 0.0101. The summed E-state index contributed by atoms with van der Waals surface area (Å²) in [6, 6.07) is 13.2. The van der Waals surface area contributed by atoms with Gasteiger partial charge in [-0.1, -0.05) is 18.2 Å². The molecule has 2 aromatic carbocycles. The van der Waals surface area contributed by atoms with E-state index in [1.165, 1.54) is 6.20 Å². The van der Waals surface area contributed by atoms with E-state index in [1.54, 1.807) is 6.20 Å². The van der Waals surface area contributed by atoms with E-state index in [2.05, 4.69) is 20.1 Å². The van der Waals surface area contributed by atoms with Gasteiger partial charge in [0.2, 0.25) is 5.69 Å². The van der Waals surface area contributed by atoms with Crippen LogP contribution in [-0.4, -0.2) is 46.2 Å². The molecule has 4 aromatic rings. The first-order chi connectivity index (χ1) is 18.0. The number of aryl methyl sites for hydroxylation is 2. The lowest BCUT2D eigenvalue weighted by molar-refractivity contribution is -0.0223. The van der Waals surface area contributed by atoms with Crippen molar-refractivity contribution in [3.05, 3.63) is 88.5 Å². The Morgan fingerprint density at radius 1 is 1.22 bits per heavy atom. The minimum Gasteiger partial charge on any atom is -0.457 e. The SMILES string of the molecule is [C-]#[N+]c1cnc2[nH]cc(C(=O)c3c(C)cc(Oc4ccccc4)cc3C)c2c1N[C@@H]1CC[C@@H](CO)OC1. The molecule has 0 radical (unpaired) electrons. The molecule has 0 amide bonds. The molecule has 0 aliphatic carbocycles. The first-order valence-electron chi connectivity index (χ1n) is 12.2. The number of ether oxygens (including phenoxy) is 2. The number of aromatic nitrogens is 2. The first kappa shape index (κ1) is 24.5. The van der Waals surface area contributed by atoms with E-state index < -0.39 is 0 Å². The second kappa shape index (κ2) is 10.4. The molecule has 8 nitrogen and oxygen atoms in total. The molecule has 0 spiro atoms. The summed E-state index contributed by atoms with van der Waals surface area (Å²) in [4.78, 5) is 25.1. The minimum atomic E-state index is -0.167. The maximum atomic E-state index is 13.9. The number of hydrogen-bond acceptors (Lipinski definition) is 6. The van der Waals surface area contributed by atoms with Gasteiger partial charge < -0.3 is 24.9 Å². The average molecular weight is 497 g/mol. The Balaban J connectivity index is 1.50. The zero-order chi connectivity index (χ0) is 25.9. The van der Waals surface area contributed by atoms with Gasteiger partial charge in [-0.25, -0.2) is 9.83 Å². The molecule has 5 rings (SSSR count). The molecule has 37 heavy (non-hydrogen) atoms. The number of benzene rings is 2. The third kappa shape index (κ3) is 4.92. The van der Waals surface area contributed by atoms with Crippen LogP contribution in [0.2, 0.25) is 0 Å². The number of aliphatic hydroxyl groups is 1. The lowest BCUT2D eigenvalue weighted by Gasteiger charge is -2.29. The van der Waals surface area contributed by atoms with Crippen LogP contribution in [0.4, 0.5) is 11.4 Å². The molecule has 188 valence electrons. The Labute approximate surface area is 215 Å². The molecule has 1 aliphatic heterocycles. The van der Waals surface area contributed by atoms with Gasteiger partial charge in [-0.2, -0.15) is 0 Å². The fraction of sp³-hybridized carbons (Fsp3) is 0.276. The molecule has 1 saturated heterocycles. The summed E-state index contributed by atoms with van der Waals surface area (Å²) < 4.78 is 11.7. The molecule has 2 atom stereocenters. The Hall–Kier alpha value is -4.19. The summed E-state index contributed by atoms with van der Waals surface area (Å²) in [5.74, 6) is 1.23. The molecule has 1 fully saturated rings. The third-order valence-corrected chi connectivity index (χ3v) is 6.68. The Bertz CT molecular complexity index is 1460. The van der Waals surface area contributed by atoms with E-state index in [0.717, 1.165) is 23.3 Å². The highest BCUT2D eigenvalue weighted by atomic mass is 16.5. The maximum Gasteiger partial charge on any atom is 0.228 e. The molecule has 0 saturated carbocycles. The Morgan fingerprint density at radius 3 is 2.62 bits per heavy atom. The van der Waals surface area contributed by atoms with Crippen LogP contribution in [0, 0.1) is 20.4 Å². The lowest BCUT2D eigenvalue weighted by atomic mass is 9.94. The fourth-order valence-electron chi connectivity index (χ4n) is 4.86. The monoisotopic (exact) mass is 496 g/mol. The fourth-order valence-corrected chi connectivity index (χ4v) is 4.86. The number of nitrogens with zero attached hydrogens (tertiary/aromatic N) is 2. The highest BCUT2D eigenvalue weighted by Gasteiger charge is 2.26. The zero-order valence-electron chi connectivity index (χ0n) is 20.7. The van der Waals surface area contributed by atoms with Crippen molar-refractivity contribution < 1.29 is 19.4 Å². The second-order valence-electron chi connectivity index (χ2n) is 9.29. The van der Waals surface area contributed by atoms with Crippen LogP contribution >= 0.6 is 0 Å². The predicted octanol–water partition coefficient (Wildman–Crippen LogP) is 5.71. The number of carbonyl (C=O) groups excluding carboxylic acids is 1. The molecular formula is C29H28N4O4. The number of pyridine rings is 1. The van der Waals surface area contributed by atoms with Gasteiger partial charge >= 0.3 is 0 Å². The number of H-pyrrole nitrogens is 1. The smallest absolute Gasteiger partial charge is 0.228 e. The number of carbonyl (C=O) groups is 1. The van der Waals surface area contributed by atoms with Gasteiger partial charge in [-0.3, -0.25) is 4.79 Å². The highest BCUT2D eigenvalue weighted by molar-refractivity contribution is 6.20. The summed E-state index contributed by atoms with van der Waals surface area (Å²) in [5.41, 5.74) is 4.07. The first-order valence-corrected chi connectivity index (χ1v) is 12.2. The van der Waals surface area contributed by atoms with Crippen molar-refractivity contribution in [3.8, 4) is 11.5 Å². The molecule has 3 heterocycles. The summed E-state index contributed by atoms with van der Waals surface area (Å²) >= 11 is 0. The highest BCUT2D eigenvalue weighted by Crippen LogP contribution is 2.37. The quantitative estimate of drug-likeness (QED) is 0.224. The number of anilines is 1. The number of fused-ring (bicyclic) bond motifs is 1. The predicted molar refractivity (Wildman–Crippen MR) is 142 cm³/mol. The normalized spacial score (nSPS) is 17.4. The summed E-state index contributed by atoms with van der Waals surface area (Å²) in [5, 5.41) is 13.4. The summed E-state index contributed by atoms with van der Waals surface area (Å²) in [6.07, 6.45) is 4.49. The van der Waals surface area contributed by atoms with Gasteiger partial charge in [0.05, 0.1) is 37.1 Å². The molecule has 2 aromatic heterocycles. The largest absolute Gasteiger partial charge is 0.457 e. The van der Waals surface area contributed by atoms with E-state index in [-0.39, 0.29) is 24.5 Å². The van der Waals surface area contributed by atoms with E-state index in [1.807, 2.05) is 56.3 Å².